The molecule has 0 fully saturated rings. The third kappa shape index (κ3) is 2.65. The number of hydrogen-bond donors (Lipinski definition) is 1. The van der Waals surface area contributed by atoms with E-state index in [4.69, 9.17) is 0 Å². The molecule has 0 aromatic carbocycles. The van der Waals surface area contributed by atoms with Gasteiger partial charge in [0, 0.05) is 23.8 Å². The van der Waals surface area contributed by atoms with E-state index in [9.17, 15) is 4.79 Å². The second-order valence-corrected chi connectivity index (χ2v) is 6.08. The first-order valence-electron chi connectivity index (χ1n) is 6.50. The highest BCUT2D eigenvalue weighted by Gasteiger charge is 2.18. The number of hydrogen-bond acceptors (Lipinski definition) is 2. The Labute approximate surface area is 127 Å². The molecule has 0 unspecified atom stereocenters. The molecule has 2 rings (SSSR count). The molecule has 0 aliphatic heterocycles. The minimum absolute atomic E-state index is 0.122. The van der Waals surface area contributed by atoms with Crippen molar-refractivity contribution in [1.82, 2.24) is 14.3 Å². The van der Waals surface area contributed by atoms with E-state index in [1.165, 1.54) is 0 Å². The Bertz CT molecular complexity index is 654. The fourth-order valence-corrected chi connectivity index (χ4v) is 2.62. The average Bonchev–Trinajstić information content (AvgIpc) is 2.85. The molecule has 5 nitrogen and oxygen atoms in total. The van der Waals surface area contributed by atoms with Gasteiger partial charge < -0.3 is 9.88 Å². The smallest absolute Gasteiger partial charge is 0.272 e. The van der Waals surface area contributed by atoms with E-state index in [0.717, 1.165) is 21.5 Å². The van der Waals surface area contributed by atoms with E-state index in [1.54, 1.807) is 4.68 Å². The summed E-state index contributed by atoms with van der Waals surface area (Å²) < 4.78 is 4.61. The van der Waals surface area contributed by atoms with E-state index in [1.807, 2.05) is 51.6 Å². The van der Waals surface area contributed by atoms with Crippen LogP contribution in [0.1, 0.15) is 41.8 Å². The average molecular weight is 339 g/mol. The second kappa shape index (κ2) is 5.44. The molecular formula is C14H19BrN4O. The number of nitrogens with zero attached hydrogens (tertiary/aromatic N) is 3. The lowest BCUT2D eigenvalue weighted by molar-refractivity contribution is 0.101. The summed E-state index contributed by atoms with van der Waals surface area (Å²) in [6, 6.07) is 2.05. The van der Waals surface area contributed by atoms with E-state index in [0.29, 0.717) is 5.69 Å². The number of nitrogens with one attached hydrogen (secondary N) is 1. The van der Waals surface area contributed by atoms with Gasteiger partial charge in [-0.25, -0.2) is 0 Å². The molecule has 1 N–H and O–H groups in total. The number of rotatable bonds is 3. The van der Waals surface area contributed by atoms with Gasteiger partial charge >= 0.3 is 0 Å². The topological polar surface area (TPSA) is 51.9 Å². The molecular weight excluding hydrogens is 320 g/mol. The molecule has 0 aliphatic rings. The SMILES string of the molecule is Cc1nn(C)c(C)c1NC(=O)c1cc(Br)cn1C(C)C. The molecule has 0 aliphatic carbocycles. The number of halogens is 1. The number of anilines is 1. The van der Waals surface area contributed by atoms with Crippen molar-refractivity contribution in [3.63, 3.8) is 0 Å². The van der Waals surface area contributed by atoms with Gasteiger partial charge in [-0.15, -0.1) is 0 Å². The monoisotopic (exact) mass is 338 g/mol. The zero-order valence-corrected chi connectivity index (χ0v) is 13.9. The Kier molecular flexibility index (Phi) is 4.04. The first-order chi connectivity index (χ1) is 9.31. The molecule has 0 atom stereocenters. The van der Waals surface area contributed by atoms with Gasteiger partial charge in [-0.3, -0.25) is 9.48 Å². The van der Waals surface area contributed by atoms with Crippen molar-refractivity contribution in [2.45, 2.75) is 33.7 Å². The second-order valence-electron chi connectivity index (χ2n) is 5.17. The van der Waals surface area contributed by atoms with Crippen LogP contribution in [0.5, 0.6) is 0 Å². The molecule has 0 bridgehead atoms. The maximum atomic E-state index is 12.5. The van der Waals surface area contributed by atoms with Gasteiger partial charge in [-0.2, -0.15) is 5.10 Å². The zero-order valence-electron chi connectivity index (χ0n) is 12.4. The molecule has 20 heavy (non-hydrogen) atoms. The normalized spacial score (nSPS) is 11.2. The molecule has 2 aromatic rings. The van der Waals surface area contributed by atoms with Gasteiger partial charge in [0.1, 0.15) is 5.69 Å². The number of carbonyl (C=O) groups excluding carboxylic acids is 1. The molecule has 0 radical (unpaired) electrons. The Morgan fingerprint density at radius 2 is 2.05 bits per heavy atom. The molecule has 0 saturated carbocycles. The minimum atomic E-state index is -0.122. The molecule has 0 saturated heterocycles. The Morgan fingerprint density at radius 3 is 2.55 bits per heavy atom. The molecule has 2 heterocycles. The van der Waals surface area contributed by atoms with Crippen LogP contribution in [0.15, 0.2) is 16.7 Å². The predicted molar refractivity (Wildman–Crippen MR) is 83.2 cm³/mol. The molecule has 108 valence electrons. The largest absolute Gasteiger partial charge is 0.340 e. The fourth-order valence-electron chi connectivity index (χ4n) is 2.19. The summed E-state index contributed by atoms with van der Waals surface area (Å²) in [7, 11) is 1.87. The quantitative estimate of drug-likeness (QED) is 0.931. The van der Waals surface area contributed by atoms with Crippen LogP contribution in [0, 0.1) is 13.8 Å². The van der Waals surface area contributed by atoms with Crippen LogP contribution in [-0.2, 0) is 7.05 Å². The van der Waals surface area contributed by atoms with E-state index in [-0.39, 0.29) is 11.9 Å². The van der Waals surface area contributed by atoms with Gasteiger partial charge in [0.25, 0.3) is 5.91 Å². The van der Waals surface area contributed by atoms with Crippen molar-refractivity contribution in [2.75, 3.05) is 5.32 Å². The highest BCUT2D eigenvalue weighted by molar-refractivity contribution is 9.10. The molecule has 6 heteroatoms. The maximum absolute atomic E-state index is 12.5. The van der Waals surface area contributed by atoms with Gasteiger partial charge in [0.15, 0.2) is 0 Å². The van der Waals surface area contributed by atoms with Crippen LogP contribution >= 0.6 is 15.9 Å². The summed E-state index contributed by atoms with van der Waals surface area (Å²) in [6.45, 7) is 7.92. The van der Waals surface area contributed by atoms with Crippen LogP contribution in [0.3, 0.4) is 0 Å². The summed E-state index contributed by atoms with van der Waals surface area (Å²) in [5.41, 5.74) is 3.18. The minimum Gasteiger partial charge on any atom is -0.340 e. The van der Waals surface area contributed by atoms with Crippen molar-refractivity contribution in [2.24, 2.45) is 7.05 Å². The van der Waals surface area contributed by atoms with Gasteiger partial charge in [-0.1, -0.05) is 0 Å². The van der Waals surface area contributed by atoms with Crippen molar-refractivity contribution >= 4 is 27.5 Å². The lowest BCUT2D eigenvalue weighted by Crippen LogP contribution is -2.18. The summed E-state index contributed by atoms with van der Waals surface area (Å²) >= 11 is 3.42. The van der Waals surface area contributed by atoms with Crippen LogP contribution in [0.2, 0.25) is 0 Å². The summed E-state index contributed by atoms with van der Waals surface area (Å²) in [6.07, 6.45) is 1.92. The van der Waals surface area contributed by atoms with Gasteiger partial charge in [0.05, 0.1) is 17.1 Å². The standard InChI is InChI=1S/C14H19BrN4O/c1-8(2)19-7-11(15)6-12(19)14(20)16-13-9(3)17-18(5)10(13)4/h6-8H,1-5H3,(H,16,20). The molecule has 0 spiro atoms. The molecule has 2 aromatic heterocycles. The van der Waals surface area contributed by atoms with Crippen molar-refractivity contribution in [3.05, 3.63) is 33.8 Å². The summed E-state index contributed by atoms with van der Waals surface area (Å²) in [4.78, 5) is 12.5. The van der Waals surface area contributed by atoms with Crippen LogP contribution in [0.4, 0.5) is 5.69 Å². The Balaban J connectivity index is 2.33. The zero-order chi connectivity index (χ0) is 15.0. The Hall–Kier alpha value is -1.56. The summed E-state index contributed by atoms with van der Waals surface area (Å²) in [5, 5.41) is 7.27. The van der Waals surface area contributed by atoms with Crippen LogP contribution in [0.25, 0.3) is 0 Å². The van der Waals surface area contributed by atoms with Gasteiger partial charge in [-0.05, 0) is 49.7 Å². The lowest BCUT2D eigenvalue weighted by Gasteiger charge is -2.12. The third-order valence-electron chi connectivity index (χ3n) is 3.35. The first kappa shape index (κ1) is 14.8. The van der Waals surface area contributed by atoms with E-state index < -0.39 is 0 Å². The van der Waals surface area contributed by atoms with E-state index >= 15 is 0 Å². The number of aryl methyl sites for hydroxylation is 2. The van der Waals surface area contributed by atoms with Crippen molar-refractivity contribution in [1.29, 1.82) is 0 Å². The predicted octanol–water partition coefficient (Wildman–Crippen LogP) is 3.43. The highest BCUT2D eigenvalue weighted by Crippen LogP contribution is 2.23. The van der Waals surface area contributed by atoms with Crippen LogP contribution in [-0.4, -0.2) is 20.3 Å². The number of amides is 1. The number of carbonyl (C=O) groups is 1. The molecule has 1 amide bonds. The lowest BCUT2D eigenvalue weighted by atomic mass is 10.3. The number of aromatic nitrogens is 3. The van der Waals surface area contributed by atoms with E-state index in [2.05, 4.69) is 26.3 Å². The highest BCUT2D eigenvalue weighted by atomic mass is 79.9. The maximum Gasteiger partial charge on any atom is 0.272 e. The fraction of sp³-hybridized carbons (Fsp3) is 0.429. The third-order valence-corrected chi connectivity index (χ3v) is 3.79. The first-order valence-corrected chi connectivity index (χ1v) is 7.29. The van der Waals surface area contributed by atoms with Crippen molar-refractivity contribution < 1.29 is 4.79 Å². The van der Waals surface area contributed by atoms with Crippen LogP contribution < -0.4 is 5.32 Å². The summed E-state index contributed by atoms with van der Waals surface area (Å²) in [5.74, 6) is -0.122. The Morgan fingerprint density at radius 1 is 1.40 bits per heavy atom. The van der Waals surface area contributed by atoms with Gasteiger partial charge in [0.2, 0.25) is 0 Å². The van der Waals surface area contributed by atoms with Crippen molar-refractivity contribution in [3.8, 4) is 0 Å².